The Bertz CT molecular complexity index is 969. The molecule has 0 saturated heterocycles. The summed E-state index contributed by atoms with van der Waals surface area (Å²) in [5, 5.41) is 9.63. The Morgan fingerprint density at radius 3 is 2.10 bits per heavy atom. The van der Waals surface area contributed by atoms with Crippen LogP contribution in [-0.4, -0.2) is 63.5 Å². The molecule has 0 bridgehead atoms. The summed E-state index contributed by atoms with van der Waals surface area (Å²) in [6, 6.07) is 0. The summed E-state index contributed by atoms with van der Waals surface area (Å²) < 4.78 is 29.9. The van der Waals surface area contributed by atoms with E-state index in [2.05, 4.69) is 21.9 Å². The second-order valence-electron chi connectivity index (χ2n) is 10.4. The van der Waals surface area contributed by atoms with Crippen molar-refractivity contribution in [1.29, 1.82) is 0 Å². The van der Waals surface area contributed by atoms with Crippen LogP contribution in [0.2, 0.25) is 0 Å². The number of aromatic nitrogens is 4. The fourth-order valence-electron chi connectivity index (χ4n) is 4.51. The number of fused-ring (bicyclic) bond motifs is 1. The van der Waals surface area contributed by atoms with Gasteiger partial charge in [0.2, 0.25) is 0 Å². The van der Waals surface area contributed by atoms with Gasteiger partial charge in [0.1, 0.15) is 18.2 Å². The van der Waals surface area contributed by atoms with Gasteiger partial charge in [-0.2, -0.15) is 0 Å². The zero-order chi connectivity index (χ0) is 28.9. The van der Waals surface area contributed by atoms with E-state index in [4.69, 9.17) is 19.7 Å². The van der Waals surface area contributed by atoms with Crippen LogP contribution in [0.25, 0.3) is 11.2 Å². The summed E-state index contributed by atoms with van der Waals surface area (Å²) >= 11 is 0. The normalized spacial score (nSPS) is 13.7. The Hall–Kier alpha value is -0.620. The molecule has 0 aliphatic carbocycles. The van der Waals surface area contributed by atoms with Gasteiger partial charge in [-0.3, -0.25) is 0 Å². The summed E-state index contributed by atoms with van der Waals surface area (Å²) in [5.74, 6) is 0.242. The molecule has 2 aromatic heterocycles. The van der Waals surface area contributed by atoms with Gasteiger partial charge < -0.3 is 38.9 Å². The van der Waals surface area contributed by atoms with Crippen molar-refractivity contribution >= 4 is 24.6 Å². The van der Waals surface area contributed by atoms with Crippen LogP contribution in [0.3, 0.4) is 0 Å². The molecule has 13 heteroatoms. The van der Waals surface area contributed by atoms with Gasteiger partial charge in [-0.15, -0.1) is 0 Å². The molecule has 0 fully saturated rings. The third-order valence-electron chi connectivity index (χ3n) is 6.87. The average Bonchev–Trinajstić information content (AvgIpc) is 3.36. The van der Waals surface area contributed by atoms with E-state index in [1.165, 1.54) is 96.1 Å². The number of anilines is 1. The second kappa shape index (κ2) is 23.8. The number of rotatable bonds is 26. The van der Waals surface area contributed by atoms with Crippen LogP contribution in [0.15, 0.2) is 12.7 Å². The fraction of sp³-hybridized carbons (Fsp3) is 0.821. The van der Waals surface area contributed by atoms with Crippen LogP contribution in [0.5, 0.6) is 0 Å². The van der Waals surface area contributed by atoms with Gasteiger partial charge in [0, 0.05) is 13.2 Å². The van der Waals surface area contributed by atoms with Crippen molar-refractivity contribution in [3.05, 3.63) is 12.7 Å². The van der Waals surface area contributed by atoms with Crippen LogP contribution in [-0.2, 0) is 25.1 Å². The Morgan fingerprint density at radius 2 is 1.49 bits per heavy atom. The smallest absolute Gasteiger partial charge is 0.777 e. The van der Waals surface area contributed by atoms with Crippen LogP contribution in [0.1, 0.15) is 103 Å². The molecule has 0 amide bonds. The minimum absolute atomic E-state index is 0. The van der Waals surface area contributed by atoms with Crippen molar-refractivity contribution < 1.29 is 58.1 Å². The van der Waals surface area contributed by atoms with E-state index in [1.54, 1.807) is 4.57 Å². The fourth-order valence-corrected chi connectivity index (χ4v) is 5.39. The van der Waals surface area contributed by atoms with Gasteiger partial charge in [-0.25, -0.2) is 15.0 Å². The van der Waals surface area contributed by atoms with Crippen LogP contribution in [0.4, 0.5) is 5.82 Å². The number of nitrogens with zero attached hydrogens (tertiary/aromatic N) is 4. The quantitative estimate of drug-likeness (QED) is 0.0923. The summed E-state index contributed by atoms with van der Waals surface area (Å²) in [5.41, 5.74) is 6.69. The maximum atomic E-state index is 12.2. The largest absolute Gasteiger partial charge is 1.00 e. The summed E-state index contributed by atoms with van der Waals surface area (Å²) in [7, 11) is -4.21. The van der Waals surface area contributed by atoms with E-state index >= 15 is 0 Å². The topological polar surface area (TPSA) is 158 Å². The van der Waals surface area contributed by atoms with E-state index < -0.39 is 20.0 Å². The number of aliphatic hydroxyl groups is 1. The molecule has 0 spiro atoms. The Balaban J connectivity index is 0.00000840. The molecule has 2 atom stereocenters. The molecule has 2 aromatic rings. The Labute approximate surface area is 268 Å². The monoisotopic (exact) mass is 607 g/mol. The number of unbranched alkanes of at least 4 members (excludes halogenated alkanes) is 13. The number of hydrogen-bond donors (Lipinski definition) is 2. The minimum atomic E-state index is -4.21. The first-order chi connectivity index (χ1) is 19.5. The summed E-state index contributed by atoms with van der Waals surface area (Å²) in [6.45, 7) is 3.21. The van der Waals surface area contributed by atoms with Crippen LogP contribution >= 0.6 is 7.60 Å². The molecule has 2 heterocycles. The Morgan fingerprint density at radius 1 is 0.902 bits per heavy atom. The predicted molar refractivity (Wildman–Crippen MR) is 156 cm³/mol. The van der Waals surface area contributed by atoms with Gasteiger partial charge in [0.25, 0.3) is 0 Å². The van der Waals surface area contributed by atoms with Gasteiger partial charge in [0.15, 0.2) is 19.1 Å². The maximum Gasteiger partial charge on any atom is 1.00 e. The van der Waals surface area contributed by atoms with Crippen molar-refractivity contribution in [3.8, 4) is 0 Å². The molecule has 2 rings (SSSR count). The van der Waals surface area contributed by atoms with Crippen LogP contribution in [0, 0.1) is 0 Å². The van der Waals surface area contributed by atoms with Gasteiger partial charge >= 0.3 is 29.6 Å². The average molecular weight is 608 g/mol. The van der Waals surface area contributed by atoms with Gasteiger partial charge in [-0.05, 0) is 12.8 Å². The molecule has 0 saturated carbocycles. The van der Waals surface area contributed by atoms with E-state index in [1.807, 2.05) is 0 Å². The molecule has 0 aromatic carbocycles. The van der Waals surface area contributed by atoms with Crippen molar-refractivity contribution in [3.63, 3.8) is 0 Å². The molecule has 0 aliphatic heterocycles. The number of hydrogen-bond acceptors (Lipinski definition) is 10. The molecule has 0 aliphatic rings. The maximum absolute atomic E-state index is 12.2. The zero-order valence-corrected chi connectivity index (χ0v) is 28.3. The second-order valence-corrected chi connectivity index (χ2v) is 12.2. The molecule has 230 valence electrons. The first-order valence-electron chi connectivity index (χ1n) is 15.1. The van der Waals surface area contributed by atoms with Gasteiger partial charge in [0.05, 0.1) is 32.2 Å². The molecule has 3 N–H and O–H groups in total. The van der Waals surface area contributed by atoms with E-state index in [-0.39, 0.29) is 55.1 Å². The summed E-state index contributed by atoms with van der Waals surface area (Å²) in [4.78, 5) is 24.4. The first kappa shape index (κ1) is 38.4. The van der Waals surface area contributed by atoms with Crippen LogP contribution < -0.4 is 40.2 Å². The van der Waals surface area contributed by atoms with Gasteiger partial charge in [-0.1, -0.05) is 90.4 Å². The first-order valence-corrected chi connectivity index (χ1v) is 16.9. The number of imidazole rings is 1. The molecule has 41 heavy (non-hydrogen) atoms. The van der Waals surface area contributed by atoms with Crippen molar-refractivity contribution in [1.82, 2.24) is 19.5 Å². The standard InChI is InChI=1S/C28H52N5O6P.Na/c1-2-3-4-5-6-7-8-9-10-11-12-13-14-15-17-37-18-16-19-39-40(35,36)24-38-25(21-34)20-33-23-32-26-27(29)30-22-31-28(26)33;/h22-23,25,34H,2-21,24H2,1H3,(H,35,36)(H2,29,30,31);/q;+1/p-1/t25-;/m0./s1. The number of aliphatic hydroxyl groups excluding tert-OH is 1. The minimum Gasteiger partial charge on any atom is -0.777 e. The van der Waals surface area contributed by atoms with Crippen molar-refractivity contribution in [2.75, 3.05) is 38.5 Å². The SMILES string of the molecule is CCCCCCCCCCCCCCCCOCCCOP(=O)([O-])CO[C@H](CO)Cn1cnc2c(N)ncnc21.[Na+]. The Kier molecular flexibility index (Phi) is 22.3. The molecule has 0 radical (unpaired) electrons. The number of nitrogens with two attached hydrogens (primary N) is 1. The molecule has 1 unspecified atom stereocenters. The molecular formula is C28H51N5NaO6P. The molecular weight excluding hydrogens is 556 g/mol. The van der Waals surface area contributed by atoms with Crippen molar-refractivity contribution in [2.24, 2.45) is 0 Å². The number of ether oxygens (including phenoxy) is 2. The zero-order valence-electron chi connectivity index (χ0n) is 25.4. The molecule has 11 nitrogen and oxygen atoms in total. The van der Waals surface area contributed by atoms with Crippen molar-refractivity contribution in [2.45, 2.75) is 116 Å². The predicted octanol–water partition coefficient (Wildman–Crippen LogP) is 2.21. The van der Waals surface area contributed by atoms with E-state index in [0.717, 1.165) is 6.42 Å². The van der Waals surface area contributed by atoms with E-state index in [0.29, 0.717) is 30.8 Å². The third kappa shape index (κ3) is 17.3. The summed E-state index contributed by atoms with van der Waals surface area (Å²) in [6.07, 6.45) is 20.4. The van der Waals surface area contributed by atoms with E-state index in [9.17, 15) is 14.6 Å². The third-order valence-corrected chi connectivity index (χ3v) is 7.91. The number of nitrogen functional groups attached to an aromatic ring is 1.